The van der Waals surface area contributed by atoms with E-state index in [9.17, 15) is 0 Å². The molecule has 0 aromatic heterocycles. The number of fused-ring (bicyclic) bond motifs is 2. The van der Waals surface area contributed by atoms with E-state index in [0.717, 1.165) is 23.4 Å². The maximum Gasteiger partial charge on any atom is 0.0408 e. The van der Waals surface area contributed by atoms with Crippen LogP contribution in [-0.2, 0) is 6.42 Å². The van der Waals surface area contributed by atoms with E-state index >= 15 is 0 Å². The quantitative estimate of drug-likeness (QED) is 0.818. The average molecular weight is 306 g/mol. The van der Waals surface area contributed by atoms with Crippen molar-refractivity contribution in [1.29, 1.82) is 0 Å². The lowest BCUT2D eigenvalue weighted by Crippen LogP contribution is -2.47. The van der Waals surface area contributed by atoms with Crippen LogP contribution in [0.25, 0.3) is 0 Å². The maximum absolute atomic E-state index is 6.19. The summed E-state index contributed by atoms with van der Waals surface area (Å²) in [5.74, 6) is 1.87. The summed E-state index contributed by atoms with van der Waals surface area (Å²) in [6.45, 7) is 7.96. The van der Waals surface area contributed by atoms with Gasteiger partial charge in [0.2, 0.25) is 0 Å². The van der Waals surface area contributed by atoms with Gasteiger partial charge in [0.1, 0.15) is 0 Å². The van der Waals surface area contributed by atoms with Crippen molar-refractivity contribution < 1.29 is 0 Å². The molecule has 21 heavy (non-hydrogen) atoms. The fourth-order valence-electron chi connectivity index (χ4n) is 4.55. The molecule has 0 amide bonds. The normalized spacial score (nSPS) is 31.8. The largest absolute Gasteiger partial charge is 0.311 e. The van der Waals surface area contributed by atoms with Gasteiger partial charge in [-0.1, -0.05) is 30.2 Å². The molecule has 0 saturated heterocycles. The van der Waals surface area contributed by atoms with Gasteiger partial charge in [-0.15, -0.1) is 0 Å². The molecule has 1 nitrogen and oxygen atoms in total. The van der Waals surface area contributed by atoms with Crippen LogP contribution in [-0.4, -0.2) is 12.1 Å². The van der Waals surface area contributed by atoms with Crippen molar-refractivity contribution in [2.75, 3.05) is 6.54 Å². The summed E-state index contributed by atoms with van der Waals surface area (Å²) in [7, 11) is 0. The van der Waals surface area contributed by atoms with Crippen molar-refractivity contribution >= 4 is 11.6 Å². The number of hydrogen-bond acceptors (Lipinski definition) is 1. The fraction of sp³-hybridized carbons (Fsp3) is 0.684. The Morgan fingerprint density at radius 3 is 2.67 bits per heavy atom. The molecule has 2 bridgehead atoms. The second-order valence-electron chi connectivity index (χ2n) is 8.35. The van der Waals surface area contributed by atoms with E-state index < -0.39 is 0 Å². The van der Waals surface area contributed by atoms with E-state index in [-0.39, 0.29) is 5.54 Å². The number of benzene rings is 1. The van der Waals surface area contributed by atoms with Crippen LogP contribution in [0.3, 0.4) is 0 Å². The lowest BCUT2D eigenvalue weighted by atomic mass is 9.69. The Hall–Kier alpha value is -0.530. The molecule has 2 aliphatic carbocycles. The minimum Gasteiger partial charge on any atom is -0.311 e. The second-order valence-corrected chi connectivity index (χ2v) is 8.79. The van der Waals surface area contributed by atoms with E-state index in [1.807, 2.05) is 6.07 Å². The molecule has 3 rings (SSSR count). The van der Waals surface area contributed by atoms with E-state index in [1.165, 1.54) is 37.7 Å². The summed E-state index contributed by atoms with van der Waals surface area (Å²) >= 11 is 6.19. The maximum atomic E-state index is 6.19. The monoisotopic (exact) mass is 305 g/mol. The predicted molar refractivity (Wildman–Crippen MR) is 90.8 cm³/mol. The number of halogens is 1. The third kappa shape index (κ3) is 3.46. The molecule has 0 heterocycles. The molecule has 0 radical (unpaired) electrons. The smallest absolute Gasteiger partial charge is 0.0408 e. The highest BCUT2D eigenvalue weighted by Crippen LogP contribution is 2.57. The minimum absolute atomic E-state index is 0.198. The molecule has 2 aliphatic rings. The summed E-state index contributed by atoms with van der Waals surface area (Å²) in [6, 6.07) is 8.48. The zero-order valence-electron chi connectivity index (χ0n) is 13.6. The summed E-state index contributed by atoms with van der Waals surface area (Å²) in [4.78, 5) is 0. The molecular weight excluding hydrogens is 278 g/mol. The van der Waals surface area contributed by atoms with Crippen LogP contribution in [0.5, 0.6) is 0 Å². The first kappa shape index (κ1) is 15.4. The van der Waals surface area contributed by atoms with Crippen LogP contribution in [0.2, 0.25) is 5.02 Å². The van der Waals surface area contributed by atoms with Crippen molar-refractivity contribution in [2.45, 2.75) is 58.4 Å². The van der Waals surface area contributed by atoms with Crippen LogP contribution in [0.15, 0.2) is 24.3 Å². The molecule has 1 aromatic carbocycles. The van der Waals surface area contributed by atoms with Gasteiger partial charge in [0.05, 0.1) is 0 Å². The molecule has 1 aromatic rings. The standard InChI is InChI=1S/C19H28ClN/c1-18(2,3)21-13-19(12-15-7-8-16(19)9-15)11-14-5-4-6-17(20)10-14/h4-6,10,15-16,21H,7-9,11-13H2,1-3H3. The summed E-state index contributed by atoms with van der Waals surface area (Å²) in [5.41, 5.74) is 2.05. The first-order chi connectivity index (χ1) is 9.86. The summed E-state index contributed by atoms with van der Waals surface area (Å²) in [5, 5.41) is 4.66. The van der Waals surface area contributed by atoms with Gasteiger partial charge in [-0.3, -0.25) is 0 Å². The van der Waals surface area contributed by atoms with Crippen molar-refractivity contribution in [3.8, 4) is 0 Å². The zero-order valence-corrected chi connectivity index (χ0v) is 14.3. The van der Waals surface area contributed by atoms with Gasteiger partial charge in [-0.25, -0.2) is 0 Å². The van der Waals surface area contributed by atoms with Gasteiger partial charge in [-0.2, -0.15) is 0 Å². The Balaban J connectivity index is 1.80. The fourth-order valence-corrected chi connectivity index (χ4v) is 4.76. The highest BCUT2D eigenvalue weighted by molar-refractivity contribution is 6.30. The molecule has 2 saturated carbocycles. The molecule has 0 aliphatic heterocycles. The Morgan fingerprint density at radius 1 is 1.29 bits per heavy atom. The Kier molecular flexibility index (Phi) is 4.09. The molecule has 3 atom stereocenters. The third-order valence-corrected chi connectivity index (χ3v) is 5.75. The van der Waals surface area contributed by atoms with Gasteiger partial charge in [0.15, 0.2) is 0 Å². The topological polar surface area (TPSA) is 12.0 Å². The first-order valence-corrected chi connectivity index (χ1v) is 8.74. The Morgan fingerprint density at radius 2 is 2.10 bits per heavy atom. The highest BCUT2D eigenvalue weighted by Gasteiger charge is 2.50. The number of rotatable bonds is 4. The van der Waals surface area contributed by atoms with Crippen molar-refractivity contribution in [3.63, 3.8) is 0 Å². The number of hydrogen-bond donors (Lipinski definition) is 1. The third-order valence-electron chi connectivity index (χ3n) is 5.52. The molecule has 3 unspecified atom stereocenters. The van der Waals surface area contributed by atoms with Gasteiger partial charge in [0.25, 0.3) is 0 Å². The van der Waals surface area contributed by atoms with Crippen LogP contribution >= 0.6 is 11.6 Å². The van der Waals surface area contributed by atoms with Gasteiger partial charge in [-0.05, 0) is 81.4 Å². The van der Waals surface area contributed by atoms with E-state index in [0.29, 0.717) is 5.41 Å². The van der Waals surface area contributed by atoms with Gasteiger partial charge in [0, 0.05) is 17.1 Å². The second kappa shape index (κ2) is 5.59. The summed E-state index contributed by atoms with van der Waals surface area (Å²) in [6.07, 6.45) is 6.91. The van der Waals surface area contributed by atoms with E-state index in [1.54, 1.807) is 0 Å². The Labute approximate surface area is 134 Å². The predicted octanol–water partition coefficient (Wildman–Crippen LogP) is 5.08. The molecule has 2 heteroatoms. The Bertz CT molecular complexity index is 505. The molecule has 2 fully saturated rings. The molecule has 1 N–H and O–H groups in total. The molecule has 116 valence electrons. The SMILES string of the molecule is CC(C)(C)NCC1(Cc2cccc(Cl)c2)CC2CCC1C2. The van der Waals surface area contributed by atoms with Crippen molar-refractivity contribution in [3.05, 3.63) is 34.9 Å². The lowest BCUT2D eigenvalue weighted by molar-refractivity contribution is 0.143. The van der Waals surface area contributed by atoms with Crippen LogP contribution in [0.4, 0.5) is 0 Å². The highest BCUT2D eigenvalue weighted by atomic mass is 35.5. The van der Waals surface area contributed by atoms with Crippen molar-refractivity contribution in [2.24, 2.45) is 17.3 Å². The van der Waals surface area contributed by atoms with Crippen molar-refractivity contribution in [1.82, 2.24) is 5.32 Å². The minimum atomic E-state index is 0.198. The van der Waals surface area contributed by atoms with Crippen LogP contribution in [0.1, 0.15) is 52.0 Å². The molecular formula is C19H28ClN. The summed E-state index contributed by atoms with van der Waals surface area (Å²) < 4.78 is 0. The van der Waals surface area contributed by atoms with Gasteiger partial charge < -0.3 is 5.32 Å². The molecule has 0 spiro atoms. The number of nitrogens with one attached hydrogen (secondary N) is 1. The van der Waals surface area contributed by atoms with Gasteiger partial charge >= 0.3 is 0 Å². The van der Waals surface area contributed by atoms with E-state index in [2.05, 4.69) is 44.3 Å². The first-order valence-electron chi connectivity index (χ1n) is 8.36. The zero-order chi connectivity index (χ0) is 15.1. The van der Waals surface area contributed by atoms with Crippen LogP contribution in [0, 0.1) is 17.3 Å². The average Bonchev–Trinajstić information content (AvgIpc) is 2.96. The van der Waals surface area contributed by atoms with Crippen LogP contribution < -0.4 is 5.32 Å². The van der Waals surface area contributed by atoms with E-state index in [4.69, 9.17) is 11.6 Å². The lowest BCUT2D eigenvalue weighted by Gasteiger charge is -2.40.